The summed E-state index contributed by atoms with van der Waals surface area (Å²) >= 11 is 0. The predicted molar refractivity (Wildman–Crippen MR) is 69.4 cm³/mol. The lowest BCUT2D eigenvalue weighted by Crippen LogP contribution is -2.19. The highest BCUT2D eigenvalue weighted by Gasteiger charge is 2.14. The third-order valence-corrected chi connectivity index (χ3v) is 3.42. The molecule has 0 saturated heterocycles. The van der Waals surface area contributed by atoms with Gasteiger partial charge in [-0.2, -0.15) is 8.42 Å². The molecule has 0 aromatic heterocycles. The van der Waals surface area contributed by atoms with Crippen molar-refractivity contribution in [2.75, 3.05) is 6.26 Å². The van der Waals surface area contributed by atoms with E-state index in [1.165, 1.54) is 19.3 Å². The van der Waals surface area contributed by atoms with Crippen molar-refractivity contribution in [3.8, 4) is 11.5 Å². The molecule has 4 nitrogen and oxygen atoms in total. The van der Waals surface area contributed by atoms with Gasteiger partial charge in [0.15, 0.2) is 0 Å². The Balaban J connectivity index is 1.94. The van der Waals surface area contributed by atoms with Gasteiger partial charge >= 0.3 is 10.1 Å². The van der Waals surface area contributed by atoms with Crippen LogP contribution in [0.25, 0.3) is 0 Å². The zero-order chi connectivity index (χ0) is 13.0. The number of hydrogen-bond acceptors (Lipinski definition) is 4. The molecule has 1 aliphatic carbocycles. The van der Waals surface area contributed by atoms with Gasteiger partial charge in [-0.15, -0.1) is 0 Å². The van der Waals surface area contributed by atoms with Crippen LogP contribution in [-0.2, 0) is 10.1 Å². The summed E-state index contributed by atoms with van der Waals surface area (Å²) in [6.45, 7) is 0. The Labute approximate surface area is 108 Å². The van der Waals surface area contributed by atoms with Gasteiger partial charge in [-0.3, -0.25) is 0 Å². The van der Waals surface area contributed by atoms with Crippen LogP contribution in [0.5, 0.6) is 11.5 Å². The second-order valence-electron chi connectivity index (χ2n) is 4.64. The van der Waals surface area contributed by atoms with E-state index >= 15 is 0 Å². The Morgan fingerprint density at radius 1 is 1.00 bits per heavy atom. The van der Waals surface area contributed by atoms with Crippen LogP contribution in [0.3, 0.4) is 0 Å². The predicted octanol–water partition coefficient (Wildman–Crippen LogP) is 2.74. The summed E-state index contributed by atoms with van der Waals surface area (Å²) in [5, 5.41) is 0. The van der Waals surface area contributed by atoms with E-state index in [0.717, 1.165) is 24.8 Å². The SMILES string of the molecule is CS(=O)(=O)Oc1ccc(OC2CCCCC2)cc1. The van der Waals surface area contributed by atoms with E-state index in [1.54, 1.807) is 24.3 Å². The van der Waals surface area contributed by atoms with E-state index in [-0.39, 0.29) is 0 Å². The molecular weight excluding hydrogens is 252 g/mol. The highest BCUT2D eigenvalue weighted by atomic mass is 32.2. The number of hydrogen-bond donors (Lipinski definition) is 0. The zero-order valence-corrected chi connectivity index (χ0v) is 11.3. The molecule has 0 heterocycles. The molecule has 0 spiro atoms. The lowest BCUT2D eigenvalue weighted by molar-refractivity contribution is 0.155. The van der Waals surface area contributed by atoms with Gasteiger partial charge in [-0.1, -0.05) is 6.42 Å². The van der Waals surface area contributed by atoms with Crippen LogP contribution in [0, 0.1) is 0 Å². The molecule has 1 saturated carbocycles. The first-order valence-corrected chi connectivity index (χ1v) is 8.01. The topological polar surface area (TPSA) is 52.6 Å². The minimum Gasteiger partial charge on any atom is -0.490 e. The fraction of sp³-hybridized carbons (Fsp3) is 0.538. The largest absolute Gasteiger partial charge is 0.490 e. The lowest BCUT2D eigenvalue weighted by Gasteiger charge is -2.22. The third-order valence-electron chi connectivity index (χ3n) is 2.93. The van der Waals surface area contributed by atoms with Crippen LogP contribution < -0.4 is 8.92 Å². The second kappa shape index (κ2) is 5.61. The molecule has 2 rings (SSSR count). The summed E-state index contributed by atoms with van der Waals surface area (Å²) in [5.41, 5.74) is 0. The van der Waals surface area contributed by atoms with Gasteiger partial charge in [0.1, 0.15) is 11.5 Å². The van der Waals surface area contributed by atoms with Crippen molar-refractivity contribution >= 4 is 10.1 Å². The van der Waals surface area contributed by atoms with Crippen molar-refractivity contribution in [2.24, 2.45) is 0 Å². The van der Waals surface area contributed by atoms with Crippen molar-refractivity contribution in [3.63, 3.8) is 0 Å². The zero-order valence-electron chi connectivity index (χ0n) is 10.5. The highest BCUT2D eigenvalue weighted by Crippen LogP contribution is 2.25. The number of rotatable bonds is 4. The molecule has 100 valence electrons. The summed E-state index contributed by atoms with van der Waals surface area (Å²) in [5.74, 6) is 1.08. The van der Waals surface area contributed by atoms with Crippen LogP contribution >= 0.6 is 0 Å². The smallest absolute Gasteiger partial charge is 0.306 e. The first kappa shape index (κ1) is 13.2. The molecule has 0 N–H and O–H groups in total. The Morgan fingerprint density at radius 3 is 2.11 bits per heavy atom. The average molecular weight is 270 g/mol. The molecule has 18 heavy (non-hydrogen) atoms. The van der Waals surface area contributed by atoms with Crippen LogP contribution in [0.15, 0.2) is 24.3 Å². The van der Waals surface area contributed by atoms with Crippen molar-refractivity contribution in [1.29, 1.82) is 0 Å². The minimum absolute atomic E-state index is 0.292. The summed E-state index contributed by atoms with van der Waals surface area (Å²) < 4.78 is 32.5. The first-order chi connectivity index (χ1) is 8.53. The third kappa shape index (κ3) is 4.22. The fourth-order valence-corrected chi connectivity index (χ4v) is 2.58. The molecule has 0 aliphatic heterocycles. The summed E-state index contributed by atoms with van der Waals surface area (Å²) in [4.78, 5) is 0. The van der Waals surface area contributed by atoms with Crippen molar-refractivity contribution in [2.45, 2.75) is 38.2 Å². The standard InChI is InChI=1S/C13H18O4S/c1-18(14,15)17-13-9-7-12(8-10-13)16-11-5-3-2-4-6-11/h7-11H,2-6H2,1H3. The van der Waals surface area contributed by atoms with Crippen LogP contribution in [0.1, 0.15) is 32.1 Å². The molecule has 1 fully saturated rings. The van der Waals surface area contributed by atoms with Gasteiger partial charge in [0.05, 0.1) is 12.4 Å². The van der Waals surface area contributed by atoms with Crippen molar-refractivity contribution < 1.29 is 17.3 Å². The number of ether oxygens (including phenoxy) is 1. The quantitative estimate of drug-likeness (QED) is 0.789. The summed E-state index contributed by atoms with van der Waals surface area (Å²) in [6.07, 6.45) is 7.25. The van der Waals surface area contributed by atoms with Gasteiger partial charge < -0.3 is 8.92 Å². The lowest BCUT2D eigenvalue weighted by atomic mass is 9.98. The molecule has 0 atom stereocenters. The van der Waals surface area contributed by atoms with Gasteiger partial charge in [0, 0.05) is 0 Å². The van der Waals surface area contributed by atoms with E-state index in [2.05, 4.69) is 0 Å². The van der Waals surface area contributed by atoms with Gasteiger partial charge in [0.25, 0.3) is 0 Å². The monoisotopic (exact) mass is 270 g/mol. The minimum atomic E-state index is -3.46. The number of benzene rings is 1. The van der Waals surface area contributed by atoms with E-state index in [4.69, 9.17) is 8.92 Å². The van der Waals surface area contributed by atoms with Crippen molar-refractivity contribution in [1.82, 2.24) is 0 Å². The normalized spacial score (nSPS) is 17.4. The van der Waals surface area contributed by atoms with E-state index in [1.807, 2.05) is 0 Å². The van der Waals surface area contributed by atoms with E-state index < -0.39 is 10.1 Å². The molecule has 5 heteroatoms. The first-order valence-electron chi connectivity index (χ1n) is 6.19. The molecule has 1 aliphatic rings. The Hall–Kier alpha value is -1.23. The maximum Gasteiger partial charge on any atom is 0.306 e. The Bertz CT molecular complexity index is 472. The van der Waals surface area contributed by atoms with Gasteiger partial charge in [-0.25, -0.2) is 0 Å². The van der Waals surface area contributed by atoms with E-state index in [0.29, 0.717) is 11.9 Å². The summed E-state index contributed by atoms with van der Waals surface area (Å²) in [7, 11) is -3.46. The van der Waals surface area contributed by atoms with Crippen LogP contribution in [-0.4, -0.2) is 20.8 Å². The highest BCUT2D eigenvalue weighted by molar-refractivity contribution is 7.86. The fourth-order valence-electron chi connectivity index (χ4n) is 2.12. The Kier molecular flexibility index (Phi) is 4.11. The van der Waals surface area contributed by atoms with Crippen LogP contribution in [0.4, 0.5) is 0 Å². The maximum absolute atomic E-state index is 10.9. The van der Waals surface area contributed by atoms with Crippen molar-refractivity contribution in [3.05, 3.63) is 24.3 Å². The molecule has 0 unspecified atom stereocenters. The van der Waals surface area contributed by atoms with Gasteiger partial charge in [-0.05, 0) is 49.9 Å². The molecule has 0 amide bonds. The van der Waals surface area contributed by atoms with Crippen LogP contribution in [0.2, 0.25) is 0 Å². The average Bonchev–Trinajstić information content (AvgIpc) is 2.31. The van der Waals surface area contributed by atoms with Gasteiger partial charge in [0.2, 0.25) is 0 Å². The summed E-state index contributed by atoms with van der Waals surface area (Å²) in [6, 6.07) is 6.71. The molecule has 1 aromatic rings. The van der Waals surface area contributed by atoms with E-state index in [9.17, 15) is 8.42 Å². The maximum atomic E-state index is 10.9. The molecule has 0 bridgehead atoms. The molecular formula is C13H18O4S. The Morgan fingerprint density at radius 2 is 1.56 bits per heavy atom. The second-order valence-corrected chi connectivity index (χ2v) is 6.21. The molecule has 0 radical (unpaired) electrons. The molecule has 1 aromatic carbocycles.